The summed E-state index contributed by atoms with van der Waals surface area (Å²) in [5.41, 5.74) is 1.05. The van der Waals surface area contributed by atoms with Gasteiger partial charge in [0, 0.05) is 39.8 Å². The second kappa shape index (κ2) is 6.43. The van der Waals surface area contributed by atoms with Gasteiger partial charge in [0.05, 0.1) is 24.2 Å². The van der Waals surface area contributed by atoms with Crippen LogP contribution in [-0.4, -0.2) is 48.4 Å². The Hall–Kier alpha value is -1.69. The highest BCUT2D eigenvalue weighted by Gasteiger charge is 2.33. The fraction of sp³-hybridized carbons (Fsp3) is 0.529. The zero-order valence-electron chi connectivity index (χ0n) is 13.8. The smallest absolute Gasteiger partial charge is 0.227 e. The lowest BCUT2D eigenvalue weighted by molar-refractivity contribution is -0.135. The summed E-state index contributed by atoms with van der Waals surface area (Å²) in [4.78, 5) is 14.6. The summed E-state index contributed by atoms with van der Waals surface area (Å²) in [6.07, 6.45) is 1.83. The van der Waals surface area contributed by atoms with Gasteiger partial charge in [0.2, 0.25) is 5.91 Å². The molecular formula is C17H23N3O2S. The van der Waals surface area contributed by atoms with Gasteiger partial charge in [-0.05, 0) is 19.9 Å². The van der Waals surface area contributed by atoms with E-state index in [-0.39, 0.29) is 22.3 Å². The highest BCUT2D eigenvalue weighted by Crippen LogP contribution is 2.19. The van der Waals surface area contributed by atoms with Crippen LogP contribution < -0.4 is 0 Å². The molecule has 1 fully saturated rings. The van der Waals surface area contributed by atoms with E-state index in [4.69, 9.17) is 0 Å². The van der Waals surface area contributed by atoms with Crippen molar-refractivity contribution in [3.05, 3.63) is 30.5 Å². The normalized spacial score (nSPS) is 24.0. The Labute approximate surface area is 139 Å². The summed E-state index contributed by atoms with van der Waals surface area (Å²) in [5.74, 6) is -0.0239. The minimum absolute atomic E-state index is 0.0421. The lowest BCUT2D eigenvalue weighted by Gasteiger charge is -2.35. The quantitative estimate of drug-likeness (QED) is 0.864. The average Bonchev–Trinajstić information content (AvgIpc) is 2.94. The Morgan fingerprint density at radius 1 is 1.30 bits per heavy atom. The van der Waals surface area contributed by atoms with Gasteiger partial charge in [0.25, 0.3) is 0 Å². The largest absolute Gasteiger partial charge is 0.340 e. The zero-order chi connectivity index (χ0) is 16.6. The molecule has 1 saturated heterocycles. The molecule has 0 N–H and O–H groups in total. The molecule has 3 atom stereocenters. The van der Waals surface area contributed by atoms with Crippen LogP contribution in [-0.2, 0) is 22.1 Å². The number of fused-ring (bicyclic) bond motifs is 1. The first-order valence-corrected chi connectivity index (χ1v) is 9.33. The van der Waals surface area contributed by atoms with Gasteiger partial charge in [-0.15, -0.1) is 0 Å². The fourth-order valence-electron chi connectivity index (χ4n) is 3.24. The minimum Gasteiger partial charge on any atom is -0.340 e. The Kier molecular flexibility index (Phi) is 4.53. The first kappa shape index (κ1) is 16.2. The van der Waals surface area contributed by atoms with E-state index in [2.05, 4.69) is 5.10 Å². The van der Waals surface area contributed by atoms with Gasteiger partial charge in [-0.2, -0.15) is 5.10 Å². The first-order valence-electron chi connectivity index (χ1n) is 8.06. The van der Waals surface area contributed by atoms with Crippen LogP contribution in [0.3, 0.4) is 0 Å². The second-order valence-corrected chi connectivity index (χ2v) is 8.75. The van der Waals surface area contributed by atoms with Gasteiger partial charge in [0.1, 0.15) is 0 Å². The van der Waals surface area contributed by atoms with Crippen molar-refractivity contribution in [1.82, 2.24) is 14.7 Å². The third-order valence-electron chi connectivity index (χ3n) is 4.48. The molecule has 2 heterocycles. The summed E-state index contributed by atoms with van der Waals surface area (Å²) in [6, 6.07) is 8.01. The summed E-state index contributed by atoms with van der Waals surface area (Å²) in [7, 11) is -0.842. The highest BCUT2D eigenvalue weighted by molar-refractivity contribution is 7.86. The SMILES string of the molecule is C[C@H](Cn1ncc2ccccc21)C(=O)N1C[C@@H](C)S(=O)[C@H](C)C1. The van der Waals surface area contributed by atoms with Crippen LogP contribution in [0.15, 0.2) is 30.5 Å². The molecule has 0 bridgehead atoms. The van der Waals surface area contributed by atoms with Gasteiger partial charge in [-0.1, -0.05) is 25.1 Å². The number of para-hydroxylation sites is 1. The molecule has 1 aliphatic rings. The Morgan fingerprint density at radius 3 is 2.65 bits per heavy atom. The molecule has 0 spiro atoms. The van der Waals surface area contributed by atoms with E-state index in [9.17, 15) is 9.00 Å². The molecule has 0 aliphatic carbocycles. The third kappa shape index (κ3) is 3.17. The lowest BCUT2D eigenvalue weighted by Crippen LogP contribution is -2.51. The van der Waals surface area contributed by atoms with Crippen molar-refractivity contribution in [2.75, 3.05) is 13.1 Å². The predicted molar refractivity (Wildman–Crippen MR) is 92.5 cm³/mol. The topological polar surface area (TPSA) is 55.2 Å². The second-order valence-electron chi connectivity index (χ2n) is 6.48. The van der Waals surface area contributed by atoms with Crippen LogP contribution in [0.4, 0.5) is 0 Å². The predicted octanol–water partition coefficient (Wildman–Crippen LogP) is 2.04. The maximum absolute atomic E-state index is 12.7. The van der Waals surface area contributed by atoms with Crippen molar-refractivity contribution >= 4 is 27.6 Å². The van der Waals surface area contributed by atoms with E-state index in [1.54, 1.807) is 0 Å². The average molecular weight is 333 g/mol. The molecule has 3 rings (SSSR count). The maximum atomic E-state index is 12.7. The summed E-state index contributed by atoms with van der Waals surface area (Å²) < 4.78 is 13.9. The third-order valence-corrected chi connectivity index (χ3v) is 6.36. The van der Waals surface area contributed by atoms with Gasteiger partial charge >= 0.3 is 0 Å². The zero-order valence-corrected chi connectivity index (χ0v) is 14.6. The fourth-order valence-corrected chi connectivity index (χ4v) is 4.69. The lowest BCUT2D eigenvalue weighted by atomic mass is 10.1. The van der Waals surface area contributed by atoms with E-state index in [1.807, 2.05) is 60.8 Å². The summed E-state index contributed by atoms with van der Waals surface area (Å²) in [6.45, 7) is 7.59. The van der Waals surface area contributed by atoms with E-state index in [1.165, 1.54) is 0 Å². The molecular weight excluding hydrogens is 310 g/mol. The van der Waals surface area contributed by atoms with E-state index < -0.39 is 10.8 Å². The van der Waals surface area contributed by atoms with Crippen LogP contribution in [0, 0.1) is 5.92 Å². The van der Waals surface area contributed by atoms with Gasteiger partial charge in [-0.25, -0.2) is 0 Å². The number of rotatable bonds is 3. The van der Waals surface area contributed by atoms with Crippen molar-refractivity contribution in [3.63, 3.8) is 0 Å². The summed E-state index contributed by atoms with van der Waals surface area (Å²) in [5, 5.41) is 5.57. The number of hydrogen-bond donors (Lipinski definition) is 0. The molecule has 23 heavy (non-hydrogen) atoms. The van der Waals surface area contributed by atoms with Crippen LogP contribution in [0.2, 0.25) is 0 Å². The summed E-state index contributed by atoms with van der Waals surface area (Å²) >= 11 is 0. The molecule has 1 aliphatic heterocycles. The molecule has 0 radical (unpaired) electrons. The molecule has 1 aromatic heterocycles. The van der Waals surface area contributed by atoms with Gasteiger partial charge in [-0.3, -0.25) is 13.7 Å². The minimum atomic E-state index is -0.842. The van der Waals surface area contributed by atoms with Crippen LogP contribution in [0.5, 0.6) is 0 Å². The van der Waals surface area contributed by atoms with Crippen LogP contribution in [0.25, 0.3) is 10.9 Å². The number of benzene rings is 1. The molecule has 1 amide bonds. The van der Waals surface area contributed by atoms with E-state index in [0.717, 1.165) is 10.9 Å². The van der Waals surface area contributed by atoms with Crippen LogP contribution >= 0.6 is 0 Å². The van der Waals surface area contributed by atoms with Gasteiger partial charge < -0.3 is 4.90 Å². The van der Waals surface area contributed by atoms with Gasteiger partial charge in [0.15, 0.2) is 0 Å². The van der Waals surface area contributed by atoms with E-state index in [0.29, 0.717) is 19.6 Å². The molecule has 124 valence electrons. The molecule has 1 aromatic carbocycles. The van der Waals surface area contributed by atoms with Crippen molar-refractivity contribution in [2.24, 2.45) is 5.92 Å². The van der Waals surface area contributed by atoms with Crippen molar-refractivity contribution in [1.29, 1.82) is 0 Å². The standard InChI is InChI=1S/C17H23N3O2S/c1-12(9-20-16-7-5-4-6-15(16)8-18-20)17(21)19-10-13(2)23(22)14(3)11-19/h4-8,12-14H,9-11H2,1-3H3/t12-,13-,14-/m1/s1. The number of carbonyl (C=O) groups is 1. The molecule has 0 unspecified atom stereocenters. The van der Waals surface area contributed by atoms with Crippen molar-refractivity contribution in [2.45, 2.75) is 37.8 Å². The monoisotopic (exact) mass is 333 g/mol. The van der Waals surface area contributed by atoms with Crippen LogP contribution in [0.1, 0.15) is 20.8 Å². The Balaban J connectivity index is 1.71. The highest BCUT2D eigenvalue weighted by atomic mass is 32.2. The molecule has 5 nitrogen and oxygen atoms in total. The molecule has 6 heteroatoms. The Bertz CT molecular complexity index is 728. The molecule has 0 saturated carbocycles. The van der Waals surface area contributed by atoms with Crippen molar-refractivity contribution in [3.8, 4) is 0 Å². The maximum Gasteiger partial charge on any atom is 0.227 e. The first-order chi connectivity index (χ1) is 11.0. The number of nitrogens with zero attached hydrogens (tertiary/aromatic N) is 3. The number of amides is 1. The molecule has 2 aromatic rings. The number of carbonyl (C=O) groups excluding carboxylic acids is 1. The number of hydrogen-bond acceptors (Lipinski definition) is 3. The van der Waals surface area contributed by atoms with Crippen molar-refractivity contribution < 1.29 is 9.00 Å². The number of aromatic nitrogens is 2. The van der Waals surface area contributed by atoms with E-state index >= 15 is 0 Å². The Morgan fingerprint density at radius 2 is 1.96 bits per heavy atom.